The van der Waals surface area contributed by atoms with Gasteiger partial charge in [0.15, 0.2) is 0 Å². The molecule has 1 aromatic carbocycles. The van der Waals surface area contributed by atoms with E-state index in [-0.39, 0.29) is 18.2 Å². The maximum Gasteiger partial charge on any atom is 0.417 e. The second kappa shape index (κ2) is 7.56. The van der Waals surface area contributed by atoms with Crippen LogP contribution < -0.4 is 5.32 Å². The van der Waals surface area contributed by atoms with Crippen LogP contribution in [0.3, 0.4) is 0 Å². The molecule has 0 aliphatic carbocycles. The molecule has 27 heavy (non-hydrogen) atoms. The standard InChI is InChI=1S/C19H18F3N3OS/c1-12-10-13(2)25(24-12)16(17-8-5-9-27-17)11-23-18(26)14-6-3-4-7-15(14)19(20,21)22/h3-10,16H,11H2,1-2H3,(H,23,26)/t16-/m1/s1. The van der Waals surface area contributed by atoms with Crippen molar-refractivity contribution in [1.82, 2.24) is 15.1 Å². The molecule has 0 spiro atoms. The highest BCUT2D eigenvalue weighted by molar-refractivity contribution is 7.10. The Morgan fingerprint density at radius 1 is 1.22 bits per heavy atom. The van der Waals surface area contributed by atoms with Gasteiger partial charge in [0, 0.05) is 17.1 Å². The molecule has 142 valence electrons. The molecule has 1 amide bonds. The van der Waals surface area contributed by atoms with Crippen LogP contribution in [0.5, 0.6) is 0 Å². The number of nitrogens with one attached hydrogen (secondary N) is 1. The number of amides is 1. The Bertz CT molecular complexity index is 932. The van der Waals surface area contributed by atoms with Crippen molar-refractivity contribution in [3.63, 3.8) is 0 Å². The number of hydrogen-bond donors (Lipinski definition) is 1. The van der Waals surface area contributed by atoms with Gasteiger partial charge < -0.3 is 5.32 Å². The van der Waals surface area contributed by atoms with Crippen LogP contribution in [0.2, 0.25) is 0 Å². The second-order valence-corrected chi connectivity index (χ2v) is 7.14. The van der Waals surface area contributed by atoms with Gasteiger partial charge in [-0.3, -0.25) is 9.48 Å². The van der Waals surface area contributed by atoms with Gasteiger partial charge in [-0.15, -0.1) is 11.3 Å². The summed E-state index contributed by atoms with van der Waals surface area (Å²) in [7, 11) is 0. The predicted molar refractivity (Wildman–Crippen MR) is 97.9 cm³/mol. The highest BCUT2D eigenvalue weighted by atomic mass is 32.1. The van der Waals surface area contributed by atoms with Crippen LogP contribution in [0.15, 0.2) is 47.8 Å². The number of aryl methyl sites for hydroxylation is 2. The van der Waals surface area contributed by atoms with Gasteiger partial charge in [-0.2, -0.15) is 18.3 Å². The highest BCUT2D eigenvalue weighted by Crippen LogP contribution is 2.32. The molecule has 3 aromatic rings. The summed E-state index contributed by atoms with van der Waals surface area (Å²) in [6, 6.07) is 10.2. The first-order valence-corrected chi connectivity index (χ1v) is 9.16. The Morgan fingerprint density at radius 2 is 1.96 bits per heavy atom. The third kappa shape index (κ3) is 4.21. The maximum absolute atomic E-state index is 13.2. The molecule has 1 N–H and O–H groups in total. The van der Waals surface area contributed by atoms with Gasteiger partial charge in [-0.25, -0.2) is 0 Å². The van der Waals surface area contributed by atoms with Crippen molar-refractivity contribution in [3.8, 4) is 0 Å². The fourth-order valence-electron chi connectivity index (χ4n) is 2.96. The summed E-state index contributed by atoms with van der Waals surface area (Å²) in [5.74, 6) is -0.758. The summed E-state index contributed by atoms with van der Waals surface area (Å²) in [6.07, 6.45) is -4.59. The van der Waals surface area contributed by atoms with Crippen molar-refractivity contribution < 1.29 is 18.0 Å². The van der Waals surface area contributed by atoms with Crippen molar-refractivity contribution in [2.45, 2.75) is 26.1 Å². The summed E-state index contributed by atoms with van der Waals surface area (Å²) < 4.78 is 41.3. The molecule has 3 rings (SSSR count). The number of hydrogen-bond acceptors (Lipinski definition) is 3. The molecule has 0 bridgehead atoms. The van der Waals surface area contributed by atoms with Crippen molar-refractivity contribution in [2.75, 3.05) is 6.54 Å². The lowest BCUT2D eigenvalue weighted by Crippen LogP contribution is -2.33. The molecule has 0 saturated carbocycles. The Balaban J connectivity index is 1.85. The van der Waals surface area contributed by atoms with Gasteiger partial charge in [0.25, 0.3) is 5.91 Å². The first kappa shape index (κ1) is 19.2. The van der Waals surface area contributed by atoms with E-state index in [1.54, 1.807) is 4.68 Å². The molecule has 1 atom stereocenters. The van der Waals surface area contributed by atoms with E-state index in [1.165, 1.54) is 29.5 Å². The number of halogens is 3. The quantitative estimate of drug-likeness (QED) is 0.689. The van der Waals surface area contributed by atoms with Crippen LogP contribution in [0.1, 0.15) is 38.2 Å². The largest absolute Gasteiger partial charge is 0.417 e. The molecule has 0 aliphatic rings. The fraction of sp³-hybridized carbons (Fsp3) is 0.263. The normalized spacial score (nSPS) is 12.8. The number of benzene rings is 1. The van der Waals surface area contributed by atoms with E-state index in [1.807, 2.05) is 37.4 Å². The Hall–Kier alpha value is -2.61. The molecule has 2 aromatic heterocycles. The van der Waals surface area contributed by atoms with E-state index in [2.05, 4.69) is 10.4 Å². The van der Waals surface area contributed by atoms with E-state index < -0.39 is 17.6 Å². The Morgan fingerprint density at radius 3 is 2.56 bits per heavy atom. The van der Waals surface area contributed by atoms with Crippen molar-refractivity contribution in [2.24, 2.45) is 0 Å². The van der Waals surface area contributed by atoms with Crippen LogP contribution >= 0.6 is 11.3 Å². The second-order valence-electron chi connectivity index (χ2n) is 6.16. The molecule has 4 nitrogen and oxygen atoms in total. The number of thiophene rings is 1. The minimum Gasteiger partial charge on any atom is -0.349 e. The average molecular weight is 393 g/mol. The van der Waals surface area contributed by atoms with Crippen molar-refractivity contribution >= 4 is 17.2 Å². The summed E-state index contributed by atoms with van der Waals surface area (Å²) in [5, 5.41) is 9.02. The molecule has 0 fully saturated rings. The van der Waals surface area contributed by atoms with Gasteiger partial charge in [0.05, 0.1) is 16.8 Å². The van der Waals surface area contributed by atoms with Gasteiger partial charge in [0.2, 0.25) is 0 Å². The fourth-order valence-corrected chi connectivity index (χ4v) is 3.77. The number of aromatic nitrogens is 2. The lowest BCUT2D eigenvalue weighted by Gasteiger charge is -2.19. The van der Waals surface area contributed by atoms with E-state index in [9.17, 15) is 18.0 Å². The zero-order valence-corrected chi connectivity index (χ0v) is 15.6. The number of rotatable bonds is 5. The topological polar surface area (TPSA) is 46.9 Å². The van der Waals surface area contributed by atoms with E-state index >= 15 is 0 Å². The minimum absolute atomic E-state index is 0.132. The van der Waals surface area contributed by atoms with Gasteiger partial charge in [-0.05, 0) is 43.5 Å². The summed E-state index contributed by atoms with van der Waals surface area (Å²) >= 11 is 1.51. The molecular weight excluding hydrogens is 375 g/mol. The Kier molecular flexibility index (Phi) is 5.36. The minimum atomic E-state index is -4.59. The maximum atomic E-state index is 13.2. The van der Waals surface area contributed by atoms with E-state index in [4.69, 9.17) is 0 Å². The van der Waals surface area contributed by atoms with E-state index in [0.29, 0.717) is 0 Å². The first-order chi connectivity index (χ1) is 12.8. The van der Waals surface area contributed by atoms with Crippen LogP contribution in [0, 0.1) is 13.8 Å². The molecular formula is C19H18F3N3OS. The molecule has 8 heteroatoms. The third-order valence-electron chi connectivity index (χ3n) is 4.14. The summed E-state index contributed by atoms with van der Waals surface area (Å²) in [6.45, 7) is 3.90. The summed E-state index contributed by atoms with van der Waals surface area (Å²) in [4.78, 5) is 13.4. The van der Waals surface area contributed by atoms with Gasteiger partial charge >= 0.3 is 6.18 Å². The zero-order chi connectivity index (χ0) is 19.6. The van der Waals surface area contributed by atoms with Crippen LogP contribution in [-0.2, 0) is 6.18 Å². The van der Waals surface area contributed by atoms with Gasteiger partial charge in [0.1, 0.15) is 6.04 Å². The summed E-state index contributed by atoms with van der Waals surface area (Å²) in [5.41, 5.74) is 0.420. The van der Waals surface area contributed by atoms with Gasteiger partial charge in [-0.1, -0.05) is 18.2 Å². The third-order valence-corrected chi connectivity index (χ3v) is 5.12. The lowest BCUT2D eigenvalue weighted by molar-refractivity contribution is -0.137. The van der Waals surface area contributed by atoms with Crippen molar-refractivity contribution in [1.29, 1.82) is 0 Å². The van der Waals surface area contributed by atoms with Crippen LogP contribution in [-0.4, -0.2) is 22.2 Å². The van der Waals surface area contributed by atoms with Crippen LogP contribution in [0.25, 0.3) is 0 Å². The zero-order valence-electron chi connectivity index (χ0n) is 14.7. The molecule has 0 saturated heterocycles. The Labute approximate surface area is 158 Å². The molecule has 0 unspecified atom stereocenters. The highest BCUT2D eigenvalue weighted by Gasteiger charge is 2.35. The number of nitrogens with zero attached hydrogens (tertiary/aromatic N) is 2. The van der Waals surface area contributed by atoms with Crippen LogP contribution in [0.4, 0.5) is 13.2 Å². The molecule has 2 heterocycles. The molecule has 0 aliphatic heterocycles. The van der Waals surface area contributed by atoms with E-state index in [0.717, 1.165) is 22.3 Å². The first-order valence-electron chi connectivity index (χ1n) is 8.28. The smallest absolute Gasteiger partial charge is 0.349 e. The SMILES string of the molecule is Cc1cc(C)n([C@H](CNC(=O)c2ccccc2C(F)(F)F)c2cccs2)n1. The predicted octanol–water partition coefficient (Wildman–Crippen LogP) is 4.60. The average Bonchev–Trinajstić information content (AvgIpc) is 3.24. The number of carbonyl (C=O) groups is 1. The lowest BCUT2D eigenvalue weighted by atomic mass is 10.1. The monoisotopic (exact) mass is 393 g/mol. The number of carbonyl (C=O) groups excluding carboxylic acids is 1. The molecule has 0 radical (unpaired) electrons. The number of alkyl halides is 3. The van der Waals surface area contributed by atoms with Crippen molar-refractivity contribution in [3.05, 3.63) is 75.2 Å².